The van der Waals surface area contributed by atoms with Crippen LogP contribution in [-0.2, 0) is 5.41 Å². The number of nitrogens with one attached hydrogen (secondary N) is 1. The molecule has 92 valence electrons. The van der Waals surface area contributed by atoms with Gasteiger partial charge in [0.15, 0.2) is 0 Å². The summed E-state index contributed by atoms with van der Waals surface area (Å²) in [5.74, 6) is 0. The molecule has 0 amide bonds. The topological polar surface area (TPSA) is 29.1 Å². The maximum atomic E-state index is 13.2. The molecule has 1 heterocycles. The van der Waals surface area contributed by atoms with Crippen molar-refractivity contribution < 1.29 is 18.0 Å². The molecule has 0 aliphatic carbocycles. The van der Waals surface area contributed by atoms with Crippen molar-refractivity contribution in [2.45, 2.75) is 18.0 Å². The second-order valence-electron chi connectivity index (χ2n) is 4.25. The molecule has 0 bridgehead atoms. The average molecular weight is 243 g/mol. The highest BCUT2D eigenvalue weighted by Crippen LogP contribution is 2.45. The van der Waals surface area contributed by atoms with Crippen molar-refractivity contribution in [3.8, 4) is 0 Å². The van der Waals surface area contributed by atoms with E-state index >= 15 is 0 Å². The molecule has 1 unspecified atom stereocenters. The van der Waals surface area contributed by atoms with Crippen molar-refractivity contribution in [1.82, 2.24) is 5.32 Å². The first-order chi connectivity index (χ1) is 7.99. The summed E-state index contributed by atoms with van der Waals surface area (Å²) in [5, 5.41) is 2.76. The lowest BCUT2D eigenvalue weighted by Gasteiger charge is -2.31. The van der Waals surface area contributed by atoms with E-state index in [1.807, 2.05) is 0 Å². The van der Waals surface area contributed by atoms with Crippen LogP contribution in [0.2, 0.25) is 0 Å². The Bertz CT molecular complexity index is 405. The minimum atomic E-state index is -4.28. The van der Waals surface area contributed by atoms with Gasteiger partial charge < -0.3 is 5.32 Å². The van der Waals surface area contributed by atoms with Crippen LogP contribution in [0.4, 0.5) is 13.2 Å². The number of alkyl halides is 3. The fourth-order valence-electron chi connectivity index (χ4n) is 2.22. The fraction of sp³-hybridized carbons (Fsp3) is 0.417. The first-order valence-electron chi connectivity index (χ1n) is 5.33. The van der Waals surface area contributed by atoms with Crippen molar-refractivity contribution in [3.63, 3.8) is 0 Å². The van der Waals surface area contributed by atoms with Crippen LogP contribution in [0.3, 0.4) is 0 Å². The molecule has 5 heteroatoms. The molecule has 0 aromatic heterocycles. The van der Waals surface area contributed by atoms with E-state index in [1.165, 1.54) is 24.3 Å². The Balaban J connectivity index is 2.42. The zero-order valence-electron chi connectivity index (χ0n) is 9.05. The van der Waals surface area contributed by atoms with Gasteiger partial charge in [0.1, 0.15) is 11.7 Å². The lowest BCUT2D eigenvalue weighted by molar-refractivity contribution is -0.184. The van der Waals surface area contributed by atoms with Crippen LogP contribution < -0.4 is 5.32 Å². The SMILES string of the molecule is O=Cc1ccc(C2(C(F)(F)F)CCNC2)cc1. The highest BCUT2D eigenvalue weighted by molar-refractivity contribution is 5.74. The second-order valence-corrected chi connectivity index (χ2v) is 4.25. The van der Waals surface area contributed by atoms with Gasteiger partial charge in [0.25, 0.3) is 0 Å². The number of carbonyl (C=O) groups excluding carboxylic acids is 1. The van der Waals surface area contributed by atoms with Gasteiger partial charge in [0.05, 0.1) is 0 Å². The first-order valence-corrected chi connectivity index (χ1v) is 5.33. The van der Waals surface area contributed by atoms with Gasteiger partial charge in [-0.15, -0.1) is 0 Å². The third-order valence-electron chi connectivity index (χ3n) is 3.30. The largest absolute Gasteiger partial charge is 0.399 e. The Labute approximate surface area is 96.8 Å². The average Bonchev–Trinajstić information content (AvgIpc) is 2.79. The summed E-state index contributed by atoms with van der Waals surface area (Å²) in [6, 6.07) is 5.64. The molecule has 1 aromatic carbocycles. The Morgan fingerprint density at radius 2 is 1.88 bits per heavy atom. The number of hydrogen-bond acceptors (Lipinski definition) is 2. The van der Waals surface area contributed by atoms with E-state index in [2.05, 4.69) is 5.32 Å². The number of aldehydes is 1. The molecule has 1 aromatic rings. The quantitative estimate of drug-likeness (QED) is 0.807. The standard InChI is InChI=1S/C12H12F3NO/c13-12(14,15)11(5-6-16-8-11)10-3-1-9(7-17)2-4-10/h1-4,7,16H,5-6,8H2. The molecule has 1 atom stereocenters. The van der Waals surface area contributed by atoms with Crippen LogP contribution in [0.25, 0.3) is 0 Å². The summed E-state index contributed by atoms with van der Waals surface area (Å²) >= 11 is 0. The third kappa shape index (κ3) is 1.95. The highest BCUT2D eigenvalue weighted by atomic mass is 19.4. The number of carbonyl (C=O) groups is 1. The van der Waals surface area contributed by atoms with Crippen LogP contribution in [0, 0.1) is 0 Å². The maximum absolute atomic E-state index is 13.2. The number of hydrogen-bond donors (Lipinski definition) is 1. The molecular weight excluding hydrogens is 231 g/mol. The Morgan fingerprint density at radius 1 is 1.24 bits per heavy atom. The van der Waals surface area contributed by atoms with Gasteiger partial charge in [-0.1, -0.05) is 24.3 Å². The molecule has 0 spiro atoms. The van der Waals surface area contributed by atoms with Crippen molar-refractivity contribution in [3.05, 3.63) is 35.4 Å². The molecule has 17 heavy (non-hydrogen) atoms. The van der Waals surface area contributed by atoms with E-state index in [0.717, 1.165) is 0 Å². The summed E-state index contributed by atoms with van der Waals surface area (Å²) in [6.07, 6.45) is -3.62. The smallest absolute Gasteiger partial charge is 0.315 e. The number of halogens is 3. The van der Waals surface area contributed by atoms with Gasteiger partial charge in [0, 0.05) is 12.1 Å². The molecule has 2 nitrogen and oxygen atoms in total. The second kappa shape index (κ2) is 4.14. The van der Waals surface area contributed by atoms with E-state index in [-0.39, 0.29) is 18.5 Å². The molecule has 1 N–H and O–H groups in total. The van der Waals surface area contributed by atoms with Gasteiger partial charge in [-0.3, -0.25) is 4.79 Å². The zero-order chi connectivity index (χ0) is 12.5. The fourth-order valence-corrected chi connectivity index (χ4v) is 2.22. The molecule has 1 aliphatic rings. The Hall–Kier alpha value is -1.36. The van der Waals surface area contributed by atoms with E-state index in [4.69, 9.17) is 0 Å². The maximum Gasteiger partial charge on any atom is 0.399 e. The van der Waals surface area contributed by atoms with Crippen molar-refractivity contribution >= 4 is 6.29 Å². The predicted octanol–water partition coefficient (Wildman–Crippen LogP) is 2.29. The summed E-state index contributed by atoms with van der Waals surface area (Å²) in [4.78, 5) is 10.5. The molecule has 1 aliphatic heterocycles. The van der Waals surface area contributed by atoms with Crippen molar-refractivity contribution in [1.29, 1.82) is 0 Å². The van der Waals surface area contributed by atoms with Crippen LogP contribution in [-0.4, -0.2) is 25.6 Å². The van der Waals surface area contributed by atoms with E-state index in [1.54, 1.807) is 0 Å². The van der Waals surface area contributed by atoms with E-state index < -0.39 is 11.6 Å². The highest BCUT2D eigenvalue weighted by Gasteiger charge is 2.56. The Kier molecular flexibility index (Phi) is 2.95. The van der Waals surface area contributed by atoms with Crippen molar-refractivity contribution in [2.24, 2.45) is 0 Å². The molecule has 0 saturated carbocycles. The summed E-state index contributed by atoms with van der Waals surface area (Å²) < 4.78 is 39.5. The summed E-state index contributed by atoms with van der Waals surface area (Å²) in [6.45, 7) is 0.256. The van der Waals surface area contributed by atoms with Gasteiger partial charge in [0.2, 0.25) is 0 Å². The number of rotatable bonds is 2. The minimum Gasteiger partial charge on any atom is -0.315 e. The van der Waals surface area contributed by atoms with Crippen LogP contribution in [0.15, 0.2) is 24.3 Å². The van der Waals surface area contributed by atoms with Crippen LogP contribution >= 0.6 is 0 Å². The third-order valence-corrected chi connectivity index (χ3v) is 3.30. The lowest BCUT2D eigenvalue weighted by atomic mass is 9.79. The van der Waals surface area contributed by atoms with E-state index in [9.17, 15) is 18.0 Å². The minimum absolute atomic E-state index is 0.0386. The van der Waals surface area contributed by atoms with Crippen molar-refractivity contribution in [2.75, 3.05) is 13.1 Å². The van der Waals surface area contributed by atoms with E-state index in [0.29, 0.717) is 18.4 Å². The van der Waals surface area contributed by atoms with Gasteiger partial charge in [-0.25, -0.2) is 0 Å². The molecule has 1 saturated heterocycles. The van der Waals surface area contributed by atoms with Gasteiger partial charge >= 0.3 is 6.18 Å². The Morgan fingerprint density at radius 3 is 2.29 bits per heavy atom. The normalized spacial score (nSPS) is 24.9. The van der Waals surface area contributed by atoms with Crippen LogP contribution in [0.5, 0.6) is 0 Å². The van der Waals surface area contributed by atoms with Crippen LogP contribution in [0.1, 0.15) is 22.3 Å². The molecule has 0 radical (unpaired) electrons. The first kappa shape index (κ1) is 12.1. The van der Waals surface area contributed by atoms with Gasteiger partial charge in [-0.2, -0.15) is 13.2 Å². The zero-order valence-corrected chi connectivity index (χ0v) is 9.05. The molecular formula is C12H12F3NO. The summed E-state index contributed by atoms with van der Waals surface area (Å²) in [5.41, 5.74) is -1.20. The lowest BCUT2D eigenvalue weighted by Crippen LogP contribution is -2.44. The molecule has 1 fully saturated rings. The predicted molar refractivity (Wildman–Crippen MR) is 57.0 cm³/mol. The number of benzene rings is 1. The molecule has 2 rings (SSSR count). The van der Waals surface area contributed by atoms with Gasteiger partial charge in [-0.05, 0) is 18.5 Å². The summed E-state index contributed by atoms with van der Waals surface area (Å²) in [7, 11) is 0. The monoisotopic (exact) mass is 243 g/mol.